The fraction of sp³-hybridized carbons (Fsp3) is 0.0556. The van der Waals surface area contributed by atoms with Gasteiger partial charge in [0.2, 0.25) is 0 Å². The average molecular weight is 1040 g/mol. The van der Waals surface area contributed by atoms with Gasteiger partial charge in [-0.1, -0.05) is 178 Å². The molecule has 378 valence electrons. The summed E-state index contributed by atoms with van der Waals surface area (Å²) in [6, 6.07) is 83.9. The minimum atomic E-state index is -0.0826. The highest BCUT2D eigenvalue weighted by Gasteiger charge is 2.25. The fourth-order valence-electron chi connectivity index (χ4n) is 11.3. The van der Waals surface area contributed by atoms with E-state index in [1.165, 1.54) is 47.5 Å². The third kappa shape index (κ3) is 8.80. The molecule has 0 bridgehead atoms. The molecule has 79 heavy (non-hydrogen) atoms. The number of hydrogen-bond acceptors (Lipinski definition) is 6. The molecular weight excluding hydrogens is 983 g/mol. The molecule has 14 rings (SSSR count). The van der Waals surface area contributed by atoms with Crippen LogP contribution in [0.15, 0.2) is 255 Å². The van der Waals surface area contributed by atoms with Gasteiger partial charge < -0.3 is 15.4 Å². The molecule has 14 aromatic rings. The molecule has 0 radical (unpaired) electrons. The van der Waals surface area contributed by atoms with Crippen LogP contribution in [0.1, 0.15) is 26.3 Å². The quantitative estimate of drug-likeness (QED) is 0.126. The number of nitrogens with zero attached hydrogens (tertiary/aromatic N) is 3. The number of para-hydroxylation sites is 3. The molecule has 4 heterocycles. The van der Waals surface area contributed by atoms with Crippen molar-refractivity contribution in [2.45, 2.75) is 26.2 Å². The number of rotatable bonds is 11. The lowest BCUT2D eigenvalue weighted by Gasteiger charge is -2.21. The number of hydrogen-bond donors (Lipinski definition) is 2. The predicted molar refractivity (Wildman–Crippen MR) is 333 cm³/mol. The van der Waals surface area contributed by atoms with Crippen LogP contribution in [0.25, 0.3) is 103 Å². The highest BCUT2D eigenvalue weighted by atomic mass is 32.1. The molecule has 0 aliphatic heterocycles. The molecule has 6 nitrogen and oxygen atoms in total. The van der Waals surface area contributed by atoms with Gasteiger partial charge in [0.25, 0.3) is 0 Å². The van der Waals surface area contributed by atoms with Crippen molar-refractivity contribution in [1.29, 1.82) is 0 Å². The second kappa shape index (κ2) is 19.6. The molecule has 0 fully saturated rings. The molecule has 2 N–H and O–H groups in total. The smallest absolute Gasteiger partial charge is 0.137 e. The van der Waals surface area contributed by atoms with Crippen LogP contribution in [-0.4, -0.2) is 14.5 Å². The Balaban J connectivity index is 0.885. The first-order valence-corrected chi connectivity index (χ1v) is 27.6. The fourth-order valence-corrected chi connectivity index (χ4v) is 12.7. The van der Waals surface area contributed by atoms with Crippen LogP contribution < -0.4 is 15.4 Å². The molecule has 0 unspecified atom stereocenters. The summed E-state index contributed by atoms with van der Waals surface area (Å²) in [6.07, 6.45) is 5.62. The lowest BCUT2D eigenvalue weighted by atomic mass is 9.88. The van der Waals surface area contributed by atoms with Gasteiger partial charge in [-0.05, 0) is 127 Å². The van der Waals surface area contributed by atoms with E-state index in [1.54, 1.807) is 0 Å². The lowest BCUT2D eigenvalue weighted by Crippen LogP contribution is -2.12. The molecule has 0 atom stereocenters. The Bertz CT molecular complexity index is 4620. The number of aromatic nitrogens is 3. The first kappa shape index (κ1) is 47.6. The Hall–Kier alpha value is -9.82. The standard InChI is InChI=1S/C72H53N5OS/c1-72(2,3)52-36-39-74-66(43-52)77-65-45-54(32-33-62(65)71-69(77)67-60-26-12-10-24-58(60)59-25-11-13-27-61(59)70(67)79-71)78-55-42-51(47-34-37-73-38-35-47)41-53(44-55)75-63-30-14-15-31-64(63)76-68-56(48-20-8-5-9-21-48)28-17-29-57(68)50-23-16-22-49(40-50)46-18-6-4-7-19-46/h4-45,75-76H,1-3H3. The van der Waals surface area contributed by atoms with Gasteiger partial charge in [-0.15, -0.1) is 11.3 Å². The van der Waals surface area contributed by atoms with E-state index in [0.717, 1.165) is 83.9 Å². The molecule has 0 aliphatic carbocycles. The van der Waals surface area contributed by atoms with E-state index in [1.807, 2.05) is 42.1 Å². The monoisotopic (exact) mass is 1040 g/mol. The van der Waals surface area contributed by atoms with E-state index in [-0.39, 0.29) is 5.41 Å². The maximum Gasteiger partial charge on any atom is 0.137 e. The molecule has 0 saturated carbocycles. The number of fused-ring (bicyclic) bond motifs is 10. The number of nitrogens with one attached hydrogen (secondary N) is 2. The van der Waals surface area contributed by atoms with Crippen LogP contribution in [0.4, 0.5) is 22.7 Å². The summed E-state index contributed by atoms with van der Waals surface area (Å²) in [6.45, 7) is 6.77. The van der Waals surface area contributed by atoms with Gasteiger partial charge in [-0.3, -0.25) is 9.55 Å². The minimum absolute atomic E-state index is 0.0826. The van der Waals surface area contributed by atoms with Crippen molar-refractivity contribution in [3.8, 4) is 61.8 Å². The van der Waals surface area contributed by atoms with Gasteiger partial charge in [0.1, 0.15) is 17.3 Å². The number of thiophene rings is 1. The Morgan fingerprint density at radius 1 is 0.430 bits per heavy atom. The maximum atomic E-state index is 7.08. The van der Waals surface area contributed by atoms with Crippen molar-refractivity contribution in [3.05, 3.63) is 261 Å². The van der Waals surface area contributed by atoms with E-state index >= 15 is 0 Å². The van der Waals surface area contributed by atoms with Crippen molar-refractivity contribution < 1.29 is 4.74 Å². The molecule has 7 heteroatoms. The molecule has 4 aromatic heterocycles. The Morgan fingerprint density at radius 3 is 1.81 bits per heavy atom. The summed E-state index contributed by atoms with van der Waals surface area (Å²) >= 11 is 1.87. The lowest BCUT2D eigenvalue weighted by molar-refractivity contribution is 0.484. The summed E-state index contributed by atoms with van der Waals surface area (Å²) in [5.74, 6) is 2.28. The number of benzene rings is 10. The summed E-state index contributed by atoms with van der Waals surface area (Å²) in [4.78, 5) is 9.50. The van der Waals surface area contributed by atoms with Crippen LogP contribution in [0.3, 0.4) is 0 Å². The average Bonchev–Trinajstić information content (AvgIpc) is 3.22. The zero-order chi connectivity index (χ0) is 53.0. The van der Waals surface area contributed by atoms with Gasteiger partial charge in [0.15, 0.2) is 0 Å². The number of anilines is 4. The molecule has 0 aliphatic rings. The summed E-state index contributed by atoms with van der Waals surface area (Å²) < 4.78 is 12.0. The van der Waals surface area contributed by atoms with Crippen LogP contribution >= 0.6 is 11.3 Å². The highest BCUT2D eigenvalue weighted by molar-refractivity contribution is 7.27. The predicted octanol–water partition coefficient (Wildman–Crippen LogP) is 20.3. The third-order valence-electron chi connectivity index (χ3n) is 15.1. The minimum Gasteiger partial charge on any atom is -0.457 e. The molecule has 0 amide bonds. The van der Waals surface area contributed by atoms with Crippen LogP contribution in [-0.2, 0) is 5.41 Å². The van der Waals surface area contributed by atoms with E-state index in [9.17, 15) is 0 Å². The normalized spacial score (nSPS) is 11.7. The summed E-state index contributed by atoms with van der Waals surface area (Å²) in [7, 11) is 0. The van der Waals surface area contributed by atoms with Crippen molar-refractivity contribution >= 4 is 86.8 Å². The molecule has 10 aromatic carbocycles. The van der Waals surface area contributed by atoms with Gasteiger partial charge in [-0.2, -0.15) is 0 Å². The van der Waals surface area contributed by atoms with Crippen molar-refractivity contribution in [1.82, 2.24) is 14.5 Å². The molecule has 0 spiro atoms. The van der Waals surface area contributed by atoms with Gasteiger partial charge in [-0.25, -0.2) is 4.98 Å². The van der Waals surface area contributed by atoms with Gasteiger partial charge in [0, 0.05) is 68.4 Å². The van der Waals surface area contributed by atoms with Crippen LogP contribution in [0, 0.1) is 0 Å². The SMILES string of the molecule is CC(C)(C)c1ccnc(-n2c3cc(Oc4cc(Nc5ccccc5Nc5c(-c6ccccc6)cccc5-c5cccc(-c6ccccc6)c5)cc(-c5ccncc5)c4)ccc3c3sc4c5ccccc5c5ccccc5c4c32)c1. The van der Waals surface area contributed by atoms with Crippen LogP contribution in [0.2, 0.25) is 0 Å². The van der Waals surface area contributed by atoms with Crippen LogP contribution in [0.5, 0.6) is 11.5 Å². The Kier molecular flexibility index (Phi) is 11.8. The third-order valence-corrected chi connectivity index (χ3v) is 16.4. The van der Waals surface area contributed by atoms with E-state index < -0.39 is 0 Å². The van der Waals surface area contributed by atoms with E-state index in [0.29, 0.717) is 11.5 Å². The van der Waals surface area contributed by atoms with Crippen molar-refractivity contribution in [2.75, 3.05) is 10.6 Å². The summed E-state index contributed by atoms with van der Waals surface area (Å²) in [5.41, 5.74) is 15.8. The zero-order valence-electron chi connectivity index (χ0n) is 43.9. The second-order valence-electron chi connectivity index (χ2n) is 21.2. The first-order valence-electron chi connectivity index (χ1n) is 26.8. The van der Waals surface area contributed by atoms with Gasteiger partial charge >= 0.3 is 0 Å². The number of pyridine rings is 2. The maximum absolute atomic E-state index is 7.08. The van der Waals surface area contributed by atoms with E-state index in [4.69, 9.17) is 9.72 Å². The Labute approximate surface area is 462 Å². The van der Waals surface area contributed by atoms with E-state index in [2.05, 4.69) is 265 Å². The first-order chi connectivity index (χ1) is 38.8. The second-order valence-corrected chi connectivity index (χ2v) is 22.2. The molecular formula is C72H53N5OS. The van der Waals surface area contributed by atoms with Crippen molar-refractivity contribution in [2.24, 2.45) is 0 Å². The Morgan fingerprint density at radius 2 is 1.05 bits per heavy atom. The zero-order valence-corrected chi connectivity index (χ0v) is 44.7. The van der Waals surface area contributed by atoms with Gasteiger partial charge in [0.05, 0.1) is 32.8 Å². The molecule has 0 saturated heterocycles. The highest BCUT2D eigenvalue weighted by Crippen LogP contribution is 2.49. The van der Waals surface area contributed by atoms with Crippen molar-refractivity contribution in [3.63, 3.8) is 0 Å². The largest absolute Gasteiger partial charge is 0.457 e. The topological polar surface area (TPSA) is 64.0 Å². The summed E-state index contributed by atoms with van der Waals surface area (Å²) in [5, 5.41) is 15.2. The number of ether oxygens (including phenoxy) is 1.